The summed E-state index contributed by atoms with van der Waals surface area (Å²) in [7, 11) is 0. The van der Waals surface area contributed by atoms with Gasteiger partial charge < -0.3 is 0 Å². The van der Waals surface area contributed by atoms with Gasteiger partial charge in [0.2, 0.25) is 0 Å². The van der Waals surface area contributed by atoms with Crippen LogP contribution in [0.5, 0.6) is 0 Å². The molecule has 4 heteroatoms. The van der Waals surface area contributed by atoms with Gasteiger partial charge in [-0.1, -0.05) is 101 Å². The Kier molecular flexibility index (Phi) is 2.58. The summed E-state index contributed by atoms with van der Waals surface area (Å²) < 4.78 is 82.7. The average Bonchev–Trinajstić information content (AvgIpc) is 2.93. The quantitative estimate of drug-likeness (QED) is 0.305. The maximum Gasteiger partial charge on any atom is 0.164 e. The molecule has 5 aromatic rings. The van der Waals surface area contributed by atoms with E-state index in [1.165, 1.54) is 0 Å². The summed E-state index contributed by atoms with van der Waals surface area (Å²) in [6.45, 7) is 0. The van der Waals surface area contributed by atoms with Crippen LogP contribution >= 0.6 is 15.9 Å². The van der Waals surface area contributed by atoms with Crippen molar-refractivity contribution in [2.24, 2.45) is 0 Å². The van der Waals surface area contributed by atoms with Crippen molar-refractivity contribution in [3.63, 3.8) is 0 Å². The number of fused-ring (bicyclic) bond motifs is 1. The lowest BCUT2D eigenvalue weighted by molar-refractivity contribution is 1.08. The fourth-order valence-electron chi connectivity index (χ4n) is 2.90. The fourth-order valence-corrected chi connectivity index (χ4v) is 3.38. The molecule has 29 heavy (non-hydrogen) atoms. The highest BCUT2D eigenvalue weighted by molar-refractivity contribution is 9.10. The van der Waals surface area contributed by atoms with E-state index in [0.29, 0.717) is 5.56 Å². The van der Waals surface area contributed by atoms with E-state index in [4.69, 9.17) is 13.7 Å². The minimum atomic E-state index is -0.591. The lowest BCUT2D eigenvalue weighted by atomic mass is 10.0. The summed E-state index contributed by atoms with van der Waals surface area (Å²) in [6, 6.07) is 5.11. The second kappa shape index (κ2) is 7.57. The zero-order valence-electron chi connectivity index (χ0n) is 24.7. The predicted octanol–water partition coefficient (Wildman–Crippen LogP) is 6.79. The fraction of sp³-hybridized carbons (Fsp3) is 0. The van der Waals surface area contributed by atoms with E-state index in [9.17, 15) is 0 Å². The maximum atomic E-state index is 8.43. The number of benzene rings is 4. The number of hydrogen-bond acceptors (Lipinski definition) is 3. The summed E-state index contributed by atoms with van der Waals surface area (Å²) in [5.74, 6) is -0.575. The molecule has 1 aromatic heterocycles. The lowest BCUT2D eigenvalue weighted by Crippen LogP contribution is -2.00. The molecule has 0 aliphatic carbocycles. The Morgan fingerprint density at radius 1 is 0.586 bits per heavy atom. The number of aromatic nitrogens is 3. The van der Waals surface area contributed by atoms with E-state index in [2.05, 4.69) is 30.9 Å². The highest BCUT2D eigenvalue weighted by Crippen LogP contribution is 2.33. The standard InChI is InChI=1S/C25H16BrN3/c26-22-16-15-21(19-13-7-8-14-20(19)22)25-28-23(17-9-3-1-4-10-17)27-24(29-25)18-11-5-2-6-12-18/h1-16H/i1D,2D,3D,4D,5D,6D,9D,10D,11D,12D. The van der Waals surface area contributed by atoms with Crippen LogP contribution in [0.2, 0.25) is 0 Å². The second-order valence-electron chi connectivity index (χ2n) is 5.95. The van der Waals surface area contributed by atoms with Crippen molar-refractivity contribution in [1.82, 2.24) is 15.0 Å². The Morgan fingerprint density at radius 3 is 1.69 bits per heavy atom. The Balaban J connectivity index is 1.93. The molecule has 5 rings (SSSR count). The van der Waals surface area contributed by atoms with Crippen molar-refractivity contribution in [2.75, 3.05) is 0 Å². The van der Waals surface area contributed by atoms with Crippen LogP contribution in [0.25, 0.3) is 44.9 Å². The van der Waals surface area contributed by atoms with Gasteiger partial charge >= 0.3 is 0 Å². The second-order valence-corrected chi connectivity index (χ2v) is 6.80. The van der Waals surface area contributed by atoms with E-state index in [1.54, 1.807) is 12.1 Å². The van der Waals surface area contributed by atoms with Crippen LogP contribution in [0, 0.1) is 0 Å². The Morgan fingerprint density at radius 2 is 1.10 bits per heavy atom. The summed E-state index contributed by atoms with van der Waals surface area (Å²) in [5, 5.41) is 1.54. The Hall–Kier alpha value is -3.37. The van der Waals surface area contributed by atoms with Crippen molar-refractivity contribution >= 4 is 26.7 Å². The minimum Gasteiger partial charge on any atom is -0.208 e. The summed E-state index contributed by atoms with van der Waals surface area (Å²) in [6.07, 6.45) is 0. The van der Waals surface area contributed by atoms with Gasteiger partial charge in [0.05, 0.1) is 13.7 Å². The van der Waals surface area contributed by atoms with Crippen molar-refractivity contribution < 1.29 is 13.7 Å². The van der Waals surface area contributed by atoms with Crippen molar-refractivity contribution in [3.8, 4) is 34.2 Å². The van der Waals surface area contributed by atoms with E-state index in [-0.39, 0.29) is 28.6 Å². The molecular weight excluding hydrogens is 422 g/mol. The summed E-state index contributed by atoms with van der Waals surface area (Å²) >= 11 is 3.52. The third kappa shape index (κ3) is 3.43. The van der Waals surface area contributed by atoms with Gasteiger partial charge in [0.25, 0.3) is 0 Å². The van der Waals surface area contributed by atoms with Gasteiger partial charge in [-0.05, 0) is 22.9 Å². The van der Waals surface area contributed by atoms with Gasteiger partial charge in [-0.3, -0.25) is 0 Å². The van der Waals surface area contributed by atoms with Gasteiger partial charge in [-0.15, -0.1) is 0 Å². The predicted molar refractivity (Wildman–Crippen MR) is 121 cm³/mol. The molecule has 3 nitrogen and oxygen atoms in total. The maximum absolute atomic E-state index is 8.43. The molecule has 0 atom stereocenters. The van der Waals surface area contributed by atoms with Crippen molar-refractivity contribution in [1.29, 1.82) is 0 Å². The topological polar surface area (TPSA) is 38.7 Å². The largest absolute Gasteiger partial charge is 0.208 e. The number of nitrogens with zero attached hydrogens (tertiary/aromatic N) is 3. The zero-order valence-corrected chi connectivity index (χ0v) is 16.3. The van der Waals surface area contributed by atoms with E-state index in [1.807, 2.05) is 24.3 Å². The van der Waals surface area contributed by atoms with Crippen LogP contribution < -0.4 is 0 Å². The number of halogens is 1. The van der Waals surface area contributed by atoms with Crippen LogP contribution in [-0.4, -0.2) is 15.0 Å². The van der Waals surface area contributed by atoms with Gasteiger partial charge in [-0.2, -0.15) is 0 Å². The van der Waals surface area contributed by atoms with Crippen LogP contribution in [-0.2, 0) is 0 Å². The van der Waals surface area contributed by atoms with Crippen LogP contribution in [0.15, 0.2) is 101 Å². The summed E-state index contributed by atoms with van der Waals surface area (Å²) in [4.78, 5) is 13.2. The Labute approximate surface area is 191 Å². The van der Waals surface area contributed by atoms with Gasteiger partial charge in [0.15, 0.2) is 17.5 Å². The highest BCUT2D eigenvalue weighted by atomic mass is 79.9. The molecule has 0 unspecified atom stereocenters. The van der Waals surface area contributed by atoms with Gasteiger partial charge in [0, 0.05) is 21.2 Å². The summed E-state index contributed by atoms with van der Waals surface area (Å²) in [5.41, 5.74) is -0.113. The van der Waals surface area contributed by atoms with Crippen LogP contribution in [0.1, 0.15) is 13.7 Å². The molecular formula is C25H16BrN3. The van der Waals surface area contributed by atoms with Crippen molar-refractivity contribution in [3.05, 3.63) is 101 Å². The zero-order chi connectivity index (χ0) is 28.3. The molecule has 138 valence electrons. The lowest BCUT2D eigenvalue weighted by Gasteiger charge is -2.11. The molecule has 0 amide bonds. The molecule has 0 aliphatic rings. The van der Waals surface area contributed by atoms with E-state index < -0.39 is 60.4 Å². The molecule has 0 spiro atoms. The minimum absolute atomic E-state index is 0.0253. The highest BCUT2D eigenvalue weighted by Gasteiger charge is 2.14. The molecule has 0 fully saturated rings. The molecule has 1 heterocycles. The molecule has 0 saturated carbocycles. The van der Waals surface area contributed by atoms with Gasteiger partial charge in [-0.25, -0.2) is 15.0 Å². The van der Waals surface area contributed by atoms with Crippen LogP contribution in [0.3, 0.4) is 0 Å². The Bertz CT molecular complexity index is 1700. The molecule has 0 N–H and O–H groups in total. The van der Waals surface area contributed by atoms with E-state index in [0.717, 1.165) is 15.2 Å². The third-order valence-corrected chi connectivity index (χ3v) is 4.89. The third-order valence-electron chi connectivity index (χ3n) is 4.19. The first kappa shape index (κ1) is 9.90. The van der Waals surface area contributed by atoms with Crippen molar-refractivity contribution in [2.45, 2.75) is 0 Å². The molecule has 4 aromatic carbocycles. The van der Waals surface area contributed by atoms with Gasteiger partial charge in [0.1, 0.15) is 0 Å². The first-order valence-electron chi connectivity index (χ1n) is 13.5. The monoisotopic (exact) mass is 447 g/mol. The first-order valence-corrected chi connectivity index (χ1v) is 9.31. The average molecular weight is 448 g/mol. The normalized spacial score (nSPS) is 15.8. The van der Waals surface area contributed by atoms with Crippen LogP contribution in [0.4, 0.5) is 0 Å². The van der Waals surface area contributed by atoms with E-state index >= 15 is 0 Å². The molecule has 0 radical (unpaired) electrons. The molecule has 0 saturated heterocycles. The number of rotatable bonds is 3. The smallest absolute Gasteiger partial charge is 0.164 e. The first-order chi connectivity index (χ1) is 18.4. The molecule has 0 aliphatic heterocycles. The molecule has 0 bridgehead atoms. The number of hydrogen-bond donors (Lipinski definition) is 0. The SMILES string of the molecule is [2H]c1c([2H])c([2H])c(-c2nc(-c3c([2H])c([2H])c([2H])c([2H])c3[2H])nc(-c3ccc(Br)c4ccccc34)n2)c([2H])c1[2H].